The zero-order chi connectivity index (χ0) is 13.0. The monoisotopic (exact) mass is 266 g/mol. The van der Waals surface area contributed by atoms with Gasteiger partial charge in [0.05, 0.1) is 5.75 Å². The van der Waals surface area contributed by atoms with E-state index in [1.54, 1.807) is 0 Å². The minimum Gasteiger partial charge on any atom is -0.381 e. The molecule has 0 aliphatic rings. The fourth-order valence-corrected chi connectivity index (χ4v) is 2.14. The van der Waals surface area contributed by atoms with Gasteiger partial charge in [0.1, 0.15) is 0 Å². The lowest BCUT2D eigenvalue weighted by Gasteiger charge is -2.03. The number of hydrogen-bond acceptors (Lipinski definition) is 3. The van der Waals surface area contributed by atoms with Gasteiger partial charge in [0.15, 0.2) is 0 Å². The standard InChI is InChI=1S/C12H26O4S/c1-2-3-4-5-6-7-10-16-11-8-9-12-17(13,14)15/h2-12H2,1H3,(H,13,14,15). The minimum absolute atomic E-state index is 0.159. The van der Waals surface area contributed by atoms with Crippen LogP contribution in [0, 0.1) is 0 Å². The average molecular weight is 266 g/mol. The van der Waals surface area contributed by atoms with Gasteiger partial charge in [-0.2, -0.15) is 8.42 Å². The highest BCUT2D eigenvalue weighted by Crippen LogP contribution is 2.05. The van der Waals surface area contributed by atoms with Crippen molar-refractivity contribution in [3.63, 3.8) is 0 Å². The summed E-state index contributed by atoms with van der Waals surface area (Å²) in [6, 6.07) is 0. The first kappa shape index (κ1) is 16.9. The molecule has 0 fully saturated rings. The normalized spacial score (nSPS) is 11.9. The summed E-state index contributed by atoms with van der Waals surface area (Å²) < 4.78 is 34.7. The molecule has 0 aliphatic heterocycles. The molecule has 0 atom stereocenters. The quantitative estimate of drug-likeness (QED) is 0.435. The Labute approximate surface area is 105 Å². The van der Waals surface area contributed by atoms with Gasteiger partial charge in [-0.05, 0) is 19.3 Å². The fourth-order valence-electron chi connectivity index (χ4n) is 1.58. The molecule has 17 heavy (non-hydrogen) atoms. The largest absolute Gasteiger partial charge is 0.381 e. The first-order valence-electron chi connectivity index (χ1n) is 6.59. The van der Waals surface area contributed by atoms with Gasteiger partial charge in [-0.3, -0.25) is 4.55 Å². The summed E-state index contributed by atoms with van der Waals surface area (Å²) in [5.74, 6) is -0.159. The molecule has 0 rings (SSSR count). The number of hydrogen-bond donors (Lipinski definition) is 1. The molecule has 0 saturated heterocycles. The smallest absolute Gasteiger partial charge is 0.264 e. The summed E-state index contributed by atoms with van der Waals surface area (Å²) in [6.07, 6.45) is 8.63. The van der Waals surface area contributed by atoms with Gasteiger partial charge in [0.2, 0.25) is 0 Å². The maximum absolute atomic E-state index is 10.4. The molecule has 0 aromatic carbocycles. The van der Waals surface area contributed by atoms with Crippen LogP contribution in [0.4, 0.5) is 0 Å². The molecule has 0 aliphatic carbocycles. The van der Waals surface area contributed by atoms with Gasteiger partial charge in [0.25, 0.3) is 10.1 Å². The average Bonchev–Trinajstić information content (AvgIpc) is 2.24. The third-order valence-electron chi connectivity index (χ3n) is 2.58. The van der Waals surface area contributed by atoms with Gasteiger partial charge >= 0.3 is 0 Å². The summed E-state index contributed by atoms with van der Waals surface area (Å²) in [5, 5.41) is 0. The van der Waals surface area contributed by atoms with Crippen molar-refractivity contribution in [2.75, 3.05) is 19.0 Å². The second kappa shape index (κ2) is 11.0. The third-order valence-corrected chi connectivity index (χ3v) is 3.39. The van der Waals surface area contributed by atoms with Crippen LogP contribution in [0.2, 0.25) is 0 Å². The number of rotatable bonds is 12. The third kappa shape index (κ3) is 15.9. The zero-order valence-corrected chi connectivity index (χ0v) is 11.7. The highest BCUT2D eigenvalue weighted by Gasteiger charge is 2.02. The second-order valence-electron chi connectivity index (χ2n) is 4.37. The van der Waals surface area contributed by atoms with Crippen LogP contribution in [0.5, 0.6) is 0 Å². The van der Waals surface area contributed by atoms with Gasteiger partial charge in [0, 0.05) is 13.2 Å². The van der Waals surface area contributed by atoms with Crippen LogP contribution in [0.15, 0.2) is 0 Å². The van der Waals surface area contributed by atoms with Crippen molar-refractivity contribution in [2.24, 2.45) is 0 Å². The Bertz CT molecular complexity index is 249. The second-order valence-corrected chi connectivity index (χ2v) is 5.95. The molecule has 0 heterocycles. The van der Waals surface area contributed by atoms with Gasteiger partial charge in [-0.1, -0.05) is 39.0 Å². The predicted molar refractivity (Wildman–Crippen MR) is 69.8 cm³/mol. The van der Waals surface area contributed by atoms with Crippen LogP contribution in [-0.2, 0) is 14.9 Å². The Hall–Kier alpha value is -0.130. The van der Waals surface area contributed by atoms with Gasteiger partial charge in [-0.15, -0.1) is 0 Å². The fraction of sp³-hybridized carbons (Fsp3) is 1.00. The summed E-state index contributed by atoms with van der Waals surface area (Å²) in [6.45, 7) is 3.55. The lowest BCUT2D eigenvalue weighted by molar-refractivity contribution is 0.127. The first-order chi connectivity index (χ1) is 8.06. The Morgan fingerprint density at radius 1 is 0.882 bits per heavy atom. The Morgan fingerprint density at radius 2 is 1.41 bits per heavy atom. The molecule has 0 radical (unpaired) electrons. The van der Waals surface area contributed by atoms with E-state index in [1.165, 1.54) is 32.1 Å². The topological polar surface area (TPSA) is 63.6 Å². The van der Waals surface area contributed by atoms with E-state index in [0.29, 0.717) is 19.4 Å². The van der Waals surface area contributed by atoms with E-state index in [2.05, 4.69) is 6.92 Å². The summed E-state index contributed by atoms with van der Waals surface area (Å²) >= 11 is 0. The van der Waals surface area contributed by atoms with Crippen molar-refractivity contribution in [3.05, 3.63) is 0 Å². The predicted octanol–water partition coefficient (Wildman–Crippen LogP) is 3.03. The summed E-state index contributed by atoms with van der Waals surface area (Å²) in [4.78, 5) is 0. The molecule has 0 bridgehead atoms. The van der Waals surface area contributed by atoms with Crippen molar-refractivity contribution in [3.8, 4) is 0 Å². The van der Waals surface area contributed by atoms with Crippen LogP contribution in [0.3, 0.4) is 0 Å². The van der Waals surface area contributed by atoms with E-state index < -0.39 is 10.1 Å². The van der Waals surface area contributed by atoms with Crippen molar-refractivity contribution in [1.82, 2.24) is 0 Å². The maximum Gasteiger partial charge on any atom is 0.264 e. The first-order valence-corrected chi connectivity index (χ1v) is 8.20. The highest BCUT2D eigenvalue weighted by molar-refractivity contribution is 7.85. The van der Waals surface area contributed by atoms with Crippen molar-refractivity contribution >= 4 is 10.1 Å². The van der Waals surface area contributed by atoms with E-state index in [-0.39, 0.29) is 5.75 Å². The molecule has 5 heteroatoms. The Kier molecular flexibility index (Phi) is 10.9. The lowest BCUT2D eigenvalue weighted by Crippen LogP contribution is -2.05. The molecule has 0 unspecified atom stereocenters. The van der Waals surface area contributed by atoms with E-state index in [0.717, 1.165) is 13.0 Å². The van der Waals surface area contributed by atoms with E-state index >= 15 is 0 Å². The summed E-state index contributed by atoms with van der Waals surface area (Å²) in [5.41, 5.74) is 0. The Morgan fingerprint density at radius 3 is 2.00 bits per heavy atom. The molecule has 4 nitrogen and oxygen atoms in total. The molecular weight excluding hydrogens is 240 g/mol. The van der Waals surface area contributed by atoms with Crippen molar-refractivity contribution in [1.29, 1.82) is 0 Å². The molecule has 0 amide bonds. The van der Waals surface area contributed by atoms with Gasteiger partial charge < -0.3 is 4.74 Å². The maximum atomic E-state index is 10.4. The SMILES string of the molecule is CCCCCCCCOCCCCS(=O)(=O)O. The summed E-state index contributed by atoms with van der Waals surface area (Å²) in [7, 11) is -3.79. The van der Waals surface area contributed by atoms with Crippen LogP contribution < -0.4 is 0 Å². The van der Waals surface area contributed by atoms with Crippen molar-refractivity contribution < 1.29 is 17.7 Å². The Balaban J connectivity index is 3.04. The highest BCUT2D eigenvalue weighted by atomic mass is 32.2. The molecule has 0 saturated carbocycles. The molecular formula is C12H26O4S. The lowest BCUT2D eigenvalue weighted by atomic mass is 10.1. The van der Waals surface area contributed by atoms with E-state index in [1.807, 2.05) is 0 Å². The van der Waals surface area contributed by atoms with Crippen LogP contribution in [0.25, 0.3) is 0 Å². The van der Waals surface area contributed by atoms with Gasteiger partial charge in [-0.25, -0.2) is 0 Å². The van der Waals surface area contributed by atoms with Crippen LogP contribution in [-0.4, -0.2) is 31.9 Å². The van der Waals surface area contributed by atoms with Crippen LogP contribution in [0.1, 0.15) is 58.3 Å². The zero-order valence-electron chi connectivity index (χ0n) is 10.9. The minimum atomic E-state index is -3.79. The van der Waals surface area contributed by atoms with E-state index in [4.69, 9.17) is 9.29 Å². The number of unbranched alkanes of at least 4 members (excludes halogenated alkanes) is 6. The number of ether oxygens (including phenoxy) is 1. The molecule has 104 valence electrons. The molecule has 1 N–H and O–H groups in total. The van der Waals surface area contributed by atoms with Crippen molar-refractivity contribution in [2.45, 2.75) is 58.3 Å². The van der Waals surface area contributed by atoms with E-state index in [9.17, 15) is 8.42 Å². The molecule has 0 aromatic rings. The van der Waals surface area contributed by atoms with Crippen LogP contribution >= 0.6 is 0 Å². The molecule has 0 aromatic heterocycles. The molecule has 0 spiro atoms.